The van der Waals surface area contributed by atoms with Crippen molar-refractivity contribution in [3.05, 3.63) is 11.6 Å². The van der Waals surface area contributed by atoms with Crippen LogP contribution in [0.2, 0.25) is 0 Å². The number of hydrogen-bond acceptors (Lipinski definition) is 0. The third-order valence-electron chi connectivity index (χ3n) is 3.36. The van der Waals surface area contributed by atoms with Crippen LogP contribution in [0.3, 0.4) is 0 Å². The van der Waals surface area contributed by atoms with Gasteiger partial charge in [0, 0.05) is 0 Å². The van der Waals surface area contributed by atoms with Crippen LogP contribution in [-0.4, -0.2) is 0 Å². The third kappa shape index (κ3) is 11.8. The largest absolute Gasteiger partial charge is 0.0856 e. The van der Waals surface area contributed by atoms with Crippen molar-refractivity contribution in [2.24, 2.45) is 0 Å². The van der Waals surface area contributed by atoms with Gasteiger partial charge in [-0.2, -0.15) is 0 Å². The molecule has 0 unspecified atom stereocenters. The van der Waals surface area contributed by atoms with E-state index in [-0.39, 0.29) is 0 Å². The second kappa shape index (κ2) is 12.8. The lowest BCUT2D eigenvalue weighted by atomic mass is 10.1. The minimum atomic E-state index is 1.22. The number of allylic oxidation sites excluding steroid dienone is 2. The fraction of sp³-hybridized carbons (Fsp3) is 0.875. The van der Waals surface area contributed by atoms with Gasteiger partial charge in [-0.25, -0.2) is 0 Å². The van der Waals surface area contributed by atoms with E-state index in [1.165, 1.54) is 70.6 Å². The smallest absolute Gasteiger partial charge is 0.0348 e. The van der Waals surface area contributed by atoms with Crippen molar-refractivity contribution in [3.8, 4) is 0 Å². The highest BCUT2D eigenvalue weighted by atomic mass is 14.0. The molecule has 0 saturated carbocycles. The fourth-order valence-electron chi connectivity index (χ4n) is 1.95. The minimum Gasteiger partial charge on any atom is -0.0856 e. The molecule has 0 fully saturated rings. The third-order valence-corrected chi connectivity index (χ3v) is 3.36. The van der Waals surface area contributed by atoms with Gasteiger partial charge in [0.1, 0.15) is 0 Å². The van der Waals surface area contributed by atoms with Crippen molar-refractivity contribution in [3.63, 3.8) is 0 Å². The molecule has 0 heterocycles. The van der Waals surface area contributed by atoms with Crippen LogP contribution in [0.4, 0.5) is 0 Å². The predicted octanol–water partition coefficient (Wildman–Crippen LogP) is 6.26. The molecule has 0 aromatic carbocycles. The van der Waals surface area contributed by atoms with Gasteiger partial charge in [0.05, 0.1) is 0 Å². The summed E-state index contributed by atoms with van der Waals surface area (Å²) in [6.07, 6.45) is 17.8. The van der Waals surface area contributed by atoms with Crippen molar-refractivity contribution < 1.29 is 0 Å². The molecular weight excluding hydrogens is 192 g/mol. The number of hydrogen-bond donors (Lipinski definition) is 0. The first kappa shape index (κ1) is 15.7. The predicted molar refractivity (Wildman–Crippen MR) is 75.9 cm³/mol. The zero-order valence-corrected chi connectivity index (χ0v) is 11.9. The van der Waals surface area contributed by atoms with Gasteiger partial charge in [0.15, 0.2) is 0 Å². The summed E-state index contributed by atoms with van der Waals surface area (Å²) in [4.78, 5) is 0. The Morgan fingerprint density at radius 2 is 1.25 bits per heavy atom. The van der Waals surface area contributed by atoms with Gasteiger partial charge in [-0.1, -0.05) is 76.9 Å². The summed E-state index contributed by atoms with van der Waals surface area (Å²) in [6.45, 7) is 6.77. The van der Waals surface area contributed by atoms with Crippen LogP contribution in [0.1, 0.15) is 91.4 Å². The van der Waals surface area contributed by atoms with E-state index < -0.39 is 0 Å². The minimum absolute atomic E-state index is 1.22. The van der Waals surface area contributed by atoms with Gasteiger partial charge in [-0.05, 0) is 26.2 Å². The van der Waals surface area contributed by atoms with Crippen LogP contribution >= 0.6 is 0 Å². The average molecular weight is 224 g/mol. The Morgan fingerprint density at radius 3 is 1.75 bits per heavy atom. The molecule has 0 N–H and O–H groups in total. The van der Waals surface area contributed by atoms with Crippen molar-refractivity contribution in [2.45, 2.75) is 91.4 Å². The Labute approximate surface area is 104 Å². The number of unbranched alkanes of at least 4 members (excludes halogenated alkanes) is 9. The zero-order chi connectivity index (χ0) is 12.1. The highest BCUT2D eigenvalue weighted by molar-refractivity contribution is 4.96. The van der Waals surface area contributed by atoms with E-state index in [1.807, 2.05) is 0 Å². The molecule has 0 spiro atoms. The maximum Gasteiger partial charge on any atom is -0.0348 e. The maximum atomic E-state index is 2.42. The summed E-state index contributed by atoms with van der Waals surface area (Å²) >= 11 is 0. The fourth-order valence-corrected chi connectivity index (χ4v) is 1.95. The normalized spacial score (nSPS) is 12.1. The molecule has 0 bridgehead atoms. The van der Waals surface area contributed by atoms with Crippen molar-refractivity contribution in [1.29, 1.82) is 0 Å². The molecule has 0 aromatic rings. The lowest BCUT2D eigenvalue weighted by Crippen LogP contribution is -1.81. The van der Waals surface area contributed by atoms with E-state index >= 15 is 0 Å². The highest BCUT2D eigenvalue weighted by Crippen LogP contribution is 2.11. The number of rotatable bonds is 11. The molecule has 0 aliphatic heterocycles. The first-order valence-corrected chi connectivity index (χ1v) is 7.46. The molecule has 16 heavy (non-hydrogen) atoms. The van der Waals surface area contributed by atoms with Crippen LogP contribution in [-0.2, 0) is 0 Å². The van der Waals surface area contributed by atoms with Crippen LogP contribution in [0, 0.1) is 0 Å². The molecule has 0 nitrogen and oxygen atoms in total. The molecule has 0 radical (unpaired) electrons. The Kier molecular flexibility index (Phi) is 12.6. The van der Waals surface area contributed by atoms with Gasteiger partial charge in [0.2, 0.25) is 0 Å². The standard InChI is InChI=1S/C16H32/c1-4-6-7-8-9-10-11-12-13-14-15-16(3)5-2/h15H,4-14H2,1-3H3/b16-15+. The molecule has 0 aromatic heterocycles. The second-order valence-electron chi connectivity index (χ2n) is 5.02. The molecule has 0 aliphatic rings. The first-order chi connectivity index (χ1) is 7.81. The summed E-state index contributed by atoms with van der Waals surface area (Å²) in [5, 5.41) is 0. The van der Waals surface area contributed by atoms with E-state index in [0.717, 1.165) is 0 Å². The van der Waals surface area contributed by atoms with E-state index in [2.05, 4.69) is 26.8 Å². The van der Waals surface area contributed by atoms with E-state index in [0.29, 0.717) is 0 Å². The van der Waals surface area contributed by atoms with Crippen LogP contribution in [0.15, 0.2) is 11.6 Å². The Morgan fingerprint density at radius 1 is 0.750 bits per heavy atom. The summed E-state index contributed by atoms with van der Waals surface area (Å²) in [6, 6.07) is 0. The highest BCUT2D eigenvalue weighted by Gasteiger charge is 1.91. The summed E-state index contributed by atoms with van der Waals surface area (Å²) < 4.78 is 0. The van der Waals surface area contributed by atoms with Gasteiger partial charge in [0.25, 0.3) is 0 Å². The van der Waals surface area contributed by atoms with E-state index in [1.54, 1.807) is 5.57 Å². The van der Waals surface area contributed by atoms with Crippen molar-refractivity contribution in [2.75, 3.05) is 0 Å². The van der Waals surface area contributed by atoms with Gasteiger partial charge >= 0.3 is 0 Å². The molecule has 96 valence electrons. The van der Waals surface area contributed by atoms with E-state index in [4.69, 9.17) is 0 Å². The summed E-state index contributed by atoms with van der Waals surface area (Å²) in [5.41, 5.74) is 1.56. The quantitative estimate of drug-likeness (QED) is 0.287. The molecule has 0 amide bonds. The molecule has 0 rings (SSSR count). The second-order valence-corrected chi connectivity index (χ2v) is 5.02. The zero-order valence-electron chi connectivity index (χ0n) is 11.9. The van der Waals surface area contributed by atoms with Crippen molar-refractivity contribution >= 4 is 0 Å². The Balaban J connectivity index is 3.04. The topological polar surface area (TPSA) is 0 Å². The van der Waals surface area contributed by atoms with Gasteiger partial charge in [-0.3, -0.25) is 0 Å². The average Bonchev–Trinajstić information content (AvgIpc) is 2.31. The summed E-state index contributed by atoms with van der Waals surface area (Å²) in [5.74, 6) is 0. The van der Waals surface area contributed by atoms with Gasteiger partial charge in [-0.15, -0.1) is 0 Å². The van der Waals surface area contributed by atoms with Crippen molar-refractivity contribution in [1.82, 2.24) is 0 Å². The molecule has 0 saturated heterocycles. The SMILES string of the molecule is CCCCCCCCCCC/C=C(\C)CC. The van der Waals surface area contributed by atoms with Gasteiger partial charge < -0.3 is 0 Å². The molecule has 0 atom stereocenters. The molecular formula is C16H32. The first-order valence-electron chi connectivity index (χ1n) is 7.46. The monoisotopic (exact) mass is 224 g/mol. The van der Waals surface area contributed by atoms with Crippen LogP contribution in [0.5, 0.6) is 0 Å². The Hall–Kier alpha value is -0.260. The molecule has 0 aliphatic carbocycles. The lowest BCUT2D eigenvalue weighted by molar-refractivity contribution is 0.566. The lowest BCUT2D eigenvalue weighted by Gasteiger charge is -2.01. The maximum absolute atomic E-state index is 2.42. The van der Waals surface area contributed by atoms with Crippen LogP contribution < -0.4 is 0 Å². The molecule has 0 heteroatoms. The van der Waals surface area contributed by atoms with Crippen LogP contribution in [0.25, 0.3) is 0 Å². The van der Waals surface area contributed by atoms with E-state index in [9.17, 15) is 0 Å². The Bertz CT molecular complexity index is 155. The summed E-state index contributed by atoms with van der Waals surface area (Å²) in [7, 11) is 0.